The van der Waals surface area contributed by atoms with Crippen LogP contribution in [0.2, 0.25) is 0 Å². The number of sulfonamides is 1. The van der Waals surface area contributed by atoms with Crippen LogP contribution in [0, 0.1) is 5.41 Å². The van der Waals surface area contributed by atoms with E-state index in [0.717, 1.165) is 11.8 Å². The van der Waals surface area contributed by atoms with Gasteiger partial charge in [0.2, 0.25) is 10.0 Å². The molecular weight excluding hydrogens is 232 g/mol. The molecule has 0 rings (SSSR count). The van der Waals surface area contributed by atoms with Crippen molar-refractivity contribution in [2.75, 3.05) is 0 Å². The lowest BCUT2D eigenvalue weighted by Crippen LogP contribution is -2.38. The third kappa shape index (κ3) is 4.53. The molecule has 0 aromatic heterocycles. The van der Waals surface area contributed by atoms with Crippen molar-refractivity contribution in [1.82, 2.24) is 4.72 Å². The minimum absolute atomic E-state index is 0.150. The van der Waals surface area contributed by atoms with Crippen LogP contribution < -0.4 is 4.72 Å². The molecule has 15 heavy (non-hydrogen) atoms. The molecule has 0 atom stereocenters. The van der Waals surface area contributed by atoms with Crippen LogP contribution in [-0.2, 0) is 10.0 Å². The van der Waals surface area contributed by atoms with Gasteiger partial charge in [-0.15, -0.1) is 0 Å². The molecule has 0 aliphatic carbocycles. The summed E-state index contributed by atoms with van der Waals surface area (Å²) in [5.41, 5.74) is 0. The summed E-state index contributed by atoms with van der Waals surface area (Å²) in [7, 11) is -3.45. The third-order valence-corrected chi connectivity index (χ3v) is 4.46. The summed E-state index contributed by atoms with van der Waals surface area (Å²) in [5, 5.41) is 7.63. The van der Waals surface area contributed by atoms with E-state index < -0.39 is 14.8 Å². The number of hydrogen-bond donors (Lipinski definition) is 2. The fraction of sp³-hybridized carbons (Fsp3) is 0.444. The smallest absolute Gasteiger partial charge is 0.238 e. The molecule has 4 nitrogen and oxygen atoms in total. The van der Waals surface area contributed by atoms with Gasteiger partial charge >= 0.3 is 0 Å². The predicted molar refractivity (Wildman–Crippen MR) is 66.5 cm³/mol. The Bertz CT molecular complexity index is 377. The highest BCUT2D eigenvalue weighted by Gasteiger charge is 2.29. The van der Waals surface area contributed by atoms with Gasteiger partial charge in [0.25, 0.3) is 0 Å². The summed E-state index contributed by atoms with van der Waals surface area (Å²) in [6.45, 7) is 11.7. The summed E-state index contributed by atoms with van der Waals surface area (Å²) in [6, 6.07) is 0. The van der Waals surface area contributed by atoms with Gasteiger partial charge in [-0.3, -0.25) is 10.1 Å². The predicted octanol–water partition coefficient (Wildman–Crippen LogP) is 2.07. The molecule has 0 unspecified atom stereocenters. The maximum absolute atomic E-state index is 11.7. The highest BCUT2D eigenvalue weighted by molar-refractivity contribution is 8.17. The summed E-state index contributed by atoms with van der Waals surface area (Å²) in [5.74, 6) is 0. The lowest BCUT2D eigenvalue weighted by Gasteiger charge is -2.20. The first kappa shape index (κ1) is 14.2. The Labute approximate surface area is 95.4 Å². The zero-order valence-electron chi connectivity index (χ0n) is 9.12. The zero-order chi connectivity index (χ0) is 12.3. The molecule has 0 saturated carbocycles. The molecule has 0 aromatic rings. The SMILES string of the molecule is C=CC(=N)SC(=C)NS(=O)(=O)C(C)(C)C. The van der Waals surface area contributed by atoms with Crippen LogP contribution in [0.5, 0.6) is 0 Å². The molecule has 6 heteroatoms. The van der Waals surface area contributed by atoms with Crippen molar-refractivity contribution in [3.63, 3.8) is 0 Å². The van der Waals surface area contributed by atoms with E-state index in [1.54, 1.807) is 20.8 Å². The number of thioether (sulfide) groups is 1. The van der Waals surface area contributed by atoms with Crippen molar-refractivity contribution in [2.24, 2.45) is 0 Å². The van der Waals surface area contributed by atoms with Crippen LogP contribution in [0.15, 0.2) is 24.3 Å². The normalized spacial score (nSPS) is 11.9. The average molecular weight is 248 g/mol. The molecule has 0 aromatic carbocycles. The van der Waals surface area contributed by atoms with E-state index in [-0.39, 0.29) is 10.1 Å². The van der Waals surface area contributed by atoms with E-state index in [1.807, 2.05) is 0 Å². The van der Waals surface area contributed by atoms with Crippen LogP contribution in [0.3, 0.4) is 0 Å². The second-order valence-corrected chi connectivity index (χ2v) is 7.38. The van der Waals surface area contributed by atoms with Gasteiger partial charge < -0.3 is 0 Å². The van der Waals surface area contributed by atoms with Crippen molar-refractivity contribution in [3.8, 4) is 0 Å². The summed E-state index contributed by atoms with van der Waals surface area (Å²) < 4.78 is 24.7. The van der Waals surface area contributed by atoms with Gasteiger partial charge in [0.05, 0.1) is 14.8 Å². The third-order valence-electron chi connectivity index (χ3n) is 1.47. The fourth-order valence-corrected chi connectivity index (χ4v) is 1.95. The first-order chi connectivity index (χ1) is 6.60. The monoisotopic (exact) mass is 248 g/mol. The van der Waals surface area contributed by atoms with Gasteiger partial charge in [0, 0.05) is 0 Å². The van der Waals surface area contributed by atoms with Gasteiger partial charge in [-0.1, -0.05) is 24.9 Å². The van der Waals surface area contributed by atoms with Gasteiger partial charge in [0.15, 0.2) is 0 Å². The van der Waals surface area contributed by atoms with Crippen LogP contribution in [0.25, 0.3) is 0 Å². The van der Waals surface area contributed by atoms with Crippen molar-refractivity contribution < 1.29 is 8.42 Å². The van der Waals surface area contributed by atoms with Gasteiger partial charge in [0.1, 0.15) is 0 Å². The first-order valence-corrected chi connectivity index (χ1v) is 6.50. The van der Waals surface area contributed by atoms with Crippen molar-refractivity contribution in [1.29, 1.82) is 5.41 Å². The Kier molecular flexibility index (Phi) is 4.61. The Morgan fingerprint density at radius 3 is 2.27 bits per heavy atom. The second kappa shape index (κ2) is 4.85. The van der Waals surface area contributed by atoms with Gasteiger partial charge in [-0.25, -0.2) is 8.42 Å². The molecule has 0 fully saturated rings. The lowest BCUT2D eigenvalue weighted by molar-refractivity contribution is 0.553. The van der Waals surface area contributed by atoms with Crippen LogP contribution in [0.4, 0.5) is 0 Å². The molecule has 0 heterocycles. The largest absolute Gasteiger partial charge is 0.294 e. The molecule has 0 spiro atoms. The molecule has 0 bridgehead atoms. The molecular formula is C9H16N2O2S2. The van der Waals surface area contributed by atoms with E-state index in [1.165, 1.54) is 6.08 Å². The minimum Gasteiger partial charge on any atom is -0.294 e. The zero-order valence-corrected chi connectivity index (χ0v) is 10.8. The fourth-order valence-electron chi connectivity index (χ4n) is 0.498. The van der Waals surface area contributed by atoms with E-state index in [2.05, 4.69) is 17.9 Å². The van der Waals surface area contributed by atoms with E-state index in [0.29, 0.717) is 0 Å². The first-order valence-electron chi connectivity index (χ1n) is 4.20. The lowest BCUT2D eigenvalue weighted by atomic mass is 10.3. The highest BCUT2D eigenvalue weighted by Crippen LogP contribution is 2.19. The average Bonchev–Trinajstić information content (AvgIpc) is 2.00. The van der Waals surface area contributed by atoms with Crippen LogP contribution in [0.1, 0.15) is 20.8 Å². The Balaban J connectivity index is 4.57. The summed E-state index contributed by atoms with van der Waals surface area (Å²) >= 11 is 0.923. The quantitative estimate of drug-likeness (QED) is 0.591. The van der Waals surface area contributed by atoms with Crippen LogP contribution >= 0.6 is 11.8 Å². The van der Waals surface area contributed by atoms with Crippen molar-refractivity contribution >= 4 is 26.8 Å². The van der Waals surface area contributed by atoms with E-state index >= 15 is 0 Å². The van der Waals surface area contributed by atoms with Crippen molar-refractivity contribution in [2.45, 2.75) is 25.5 Å². The second-order valence-electron chi connectivity index (χ2n) is 3.81. The molecule has 0 amide bonds. The van der Waals surface area contributed by atoms with Gasteiger partial charge in [-0.05, 0) is 26.8 Å². The summed E-state index contributed by atoms with van der Waals surface area (Å²) in [6.07, 6.45) is 1.32. The molecule has 86 valence electrons. The Morgan fingerprint density at radius 2 is 1.93 bits per heavy atom. The number of nitrogens with one attached hydrogen (secondary N) is 2. The van der Waals surface area contributed by atoms with E-state index in [4.69, 9.17) is 5.41 Å². The van der Waals surface area contributed by atoms with E-state index in [9.17, 15) is 8.42 Å². The minimum atomic E-state index is -3.45. The molecule has 0 aliphatic rings. The maximum atomic E-state index is 11.7. The van der Waals surface area contributed by atoms with Crippen molar-refractivity contribution in [3.05, 3.63) is 24.3 Å². The highest BCUT2D eigenvalue weighted by atomic mass is 32.2. The molecule has 0 aliphatic heterocycles. The Hall–Kier alpha value is -0.750. The Morgan fingerprint density at radius 1 is 1.47 bits per heavy atom. The van der Waals surface area contributed by atoms with Gasteiger partial charge in [-0.2, -0.15) is 0 Å². The number of hydrogen-bond acceptors (Lipinski definition) is 4. The molecule has 0 radical (unpaired) electrons. The molecule has 0 saturated heterocycles. The topological polar surface area (TPSA) is 70.0 Å². The standard InChI is InChI=1S/C9H16N2O2S2/c1-6-8(10)14-7(2)11-15(12,13)9(3,4)5/h6,10-11H,1-2H2,3-5H3. The van der Waals surface area contributed by atoms with Crippen LogP contribution in [-0.4, -0.2) is 18.2 Å². The summed E-state index contributed by atoms with van der Waals surface area (Å²) in [4.78, 5) is 0. The number of rotatable bonds is 4. The maximum Gasteiger partial charge on any atom is 0.238 e. The molecule has 2 N–H and O–H groups in total.